The van der Waals surface area contributed by atoms with Gasteiger partial charge in [-0.25, -0.2) is 0 Å². The summed E-state index contributed by atoms with van der Waals surface area (Å²) in [5.41, 5.74) is 1.82. The first kappa shape index (κ1) is 17.9. The van der Waals surface area contributed by atoms with Crippen molar-refractivity contribution in [2.24, 2.45) is 22.7 Å². The number of ether oxygens (including phenoxy) is 2. The van der Waals surface area contributed by atoms with Crippen molar-refractivity contribution in [1.82, 2.24) is 0 Å². The minimum absolute atomic E-state index is 0.0887. The Morgan fingerprint density at radius 2 is 1.88 bits per heavy atom. The lowest BCUT2D eigenvalue weighted by molar-refractivity contribution is -0.162. The average Bonchev–Trinajstić information content (AvgIpc) is 2.52. The van der Waals surface area contributed by atoms with Crippen LogP contribution in [0.25, 0.3) is 0 Å². The standard InChI is InChI=1S/C23H32O3/c1-15(24)25-17-7-8-18-16(13-17)14-20-22(4)11-6-10-21(2,3)19(22)9-12-23(20,5)26-18/h7-8,13,19-20H,6,9-12,14H2,1-5H3/t19?,20?,22-,23+/m1/s1. The van der Waals surface area contributed by atoms with Gasteiger partial charge in [-0.2, -0.15) is 0 Å². The van der Waals surface area contributed by atoms with Crippen LogP contribution in [-0.4, -0.2) is 11.6 Å². The highest BCUT2D eigenvalue weighted by Crippen LogP contribution is 2.64. The summed E-state index contributed by atoms with van der Waals surface area (Å²) >= 11 is 0. The Morgan fingerprint density at radius 3 is 2.62 bits per heavy atom. The van der Waals surface area contributed by atoms with E-state index in [0.717, 1.165) is 24.5 Å². The molecule has 2 fully saturated rings. The third-order valence-electron chi connectivity index (χ3n) is 7.80. The van der Waals surface area contributed by atoms with Gasteiger partial charge in [0.25, 0.3) is 0 Å². The van der Waals surface area contributed by atoms with Crippen molar-refractivity contribution in [3.63, 3.8) is 0 Å². The van der Waals surface area contributed by atoms with E-state index in [-0.39, 0.29) is 11.6 Å². The van der Waals surface area contributed by atoms with Crippen molar-refractivity contribution in [3.05, 3.63) is 23.8 Å². The number of rotatable bonds is 1. The van der Waals surface area contributed by atoms with Crippen LogP contribution in [0.2, 0.25) is 0 Å². The monoisotopic (exact) mass is 356 g/mol. The lowest BCUT2D eigenvalue weighted by atomic mass is 9.44. The SMILES string of the molecule is CC(=O)Oc1ccc2c(c1)CC1[C@]3(C)CCCC(C)(C)C3CC[C@]1(C)O2. The lowest BCUT2D eigenvalue weighted by Crippen LogP contribution is -2.61. The third-order valence-corrected chi connectivity index (χ3v) is 7.80. The van der Waals surface area contributed by atoms with E-state index < -0.39 is 0 Å². The summed E-state index contributed by atoms with van der Waals surface area (Å²) in [5, 5.41) is 0. The van der Waals surface area contributed by atoms with Crippen LogP contribution in [0, 0.1) is 22.7 Å². The van der Waals surface area contributed by atoms with Crippen LogP contribution in [0.15, 0.2) is 18.2 Å². The molecule has 0 saturated heterocycles. The van der Waals surface area contributed by atoms with Crippen LogP contribution >= 0.6 is 0 Å². The molecule has 4 atom stereocenters. The molecule has 2 aliphatic carbocycles. The number of fused-ring (bicyclic) bond motifs is 4. The van der Waals surface area contributed by atoms with Crippen LogP contribution in [-0.2, 0) is 11.2 Å². The van der Waals surface area contributed by atoms with Gasteiger partial charge in [0.15, 0.2) is 0 Å². The van der Waals surface area contributed by atoms with Crippen LogP contribution in [0.1, 0.15) is 72.3 Å². The van der Waals surface area contributed by atoms with Crippen molar-refractivity contribution >= 4 is 5.97 Å². The molecule has 1 aromatic carbocycles. The Kier molecular flexibility index (Phi) is 3.95. The Hall–Kier alpha value is -1.51. The third kappa shape index (κ3) is 2.66. The van der Waals surface area contributed by atoms with Crippen LogP contribution in [0.3, 0.4) is 0 Å². The first-order valence-electron chi connectivity index (χ1n) is 10.1. The normalized spacial score (nSPS) is 37.6. The van der Waals surface area contributed by atoms with E-state index in [0.29, 0.717) is 22.5 Å². The fourth-order valence-electron chi connectivity index (χ4n) is 6.69. The number of carbonyl (C=O) groups is 1. The van der Waals surface area contributed by atoms with Crippen LogP contribution in [0.4, 0.5) is 0 Å². The van der Waals surface area contributed by atoms with E-state index in [9.17, 15) is 4.79 Å². The molecule has 3 aliphatic rings. The number of carbonyl (C=O) groups excluding carboxylic acids is 1. The maximum absolute atomic E-state index is 11.3. The molecule has 0 radical (unpaired) electrons. The molecule has 2 saturated carbocycles. The predicted octanol–water partition coefficient (Wildman–Crippen LogP) is 5.55. The minimum atomic E-state index is -0.273. The molecule has 0 N–H and O–H groups in total. The summed E-state index contributed by atoms with van der Waals surface area (Å²) in [7, 11) is 0. The van der Waals surface area contributed by atoms with E-state index in [1.807, 2.05) is 18.2 Å². The lowest BCUT2D eigenvalue weighted by Gasteiger charge is -2.63. The molecule has 1 aliphatic heterocycles. The molecular weight excluding hydrogens is 324 g/mol. The van der Waals surface area contributed by atoms with Gasteiger partial charge in [-0.05, 0) is 79.5 Å². The molecule has 0 bridgehead atoms. The Bertz CT molecular complexity index is 737. The molecule has 0 amide bonds. The van der Waals surface area contributed by atoms with E-state index in [2.05, 4.69) is 27.7 Å². The first-order valence-corrected chi connectivity index (χ1v) is 10.1. The zero-order valence-corrected chi connectivity index (χ0v) is 16.9. The van der Waals surface area contributed by atoms with Crippen LogP contribution < -0.4 is 9.47 Å². The first-order chi connectivity index (χ1) is 12.1. The van der Waals surface area contributed by atoms with E-state index in [1.165, 1.54) is 38.2 Å². The van der Waals surface area contributed by atoms with Gasteiger partial charge in [0, 0.05) is 12.8 Å². The van der Waals surface area contributed by atoms with Gasteiger partial charge in [-0.3, -0.25) is 4.79 Å². The number of hydrogen-bond acceptors (Lipinski definition) is 3. The van der Waals surface area contributed by atoms with Crippen molar-refractivity contribution in [2.75, 3.05) is 0 Å². The maximum Gasteiger partial charge on any atom is 0.308 e. The molecule has 0 spiro atoms. The second kappa shape index (κ2) is 5.74. The molecule has 0 aromatic heterocycles. The molecule has 2 unspecified atom stereocenters. The van der Waals surface area contributed by atoms with Gasteiger partial charge in [0.1, 0.15) is 17.1 Å². The zero-order valence-electron chi connectivity index (χ0n) is 16.9. The van der Waals surface area contributed by atoms with Crippen molar-refractivity contribution in [3.8, 4) is 11.5 Å². The molecule has 142 valence electrons. The van der Waals surface area contributed by atoms with Crippen molar-refractivity contribution in [1.29, 1.82) is 0 Å². The number of hydrogen-bond donors (Lipinski definition) is 0. The second-order valence-electron chi connectivity index (χ2n) is 9.97. The van der Waals surface area contributed by atoms with E-state index in [4.69, 9.17) is 9.47 Å². The number of esters is 1. The summed E-state index contributed by atoms with van der Waals surface area (Å²) in [6, 6.07) is 5.84. The van der Waals surface area contributed by atoms with Gasteiger partial charge in [-0.1, -0.05) is 27.2 Å². The Balaban J connectivity index is 1.72. The highest BCUT2D eigenvalue weighted by molar-refractivity contribution is 5.69. The van der Waals surface area contributed by atoms with Gasteiger partial charge < -0.3 is 9.47 Å². The summed E-state index contributed by atoms with van der Waals surface area (Å²) in [6.45, 7) is 11.2. The van der Waals surface area contributed by atoms with Gasteiger partial charge >= 0.3 is 5.97 Å². The highest BCUT2D eigenvalue weighted by Gasteiger charge is 2.60. The maximum atomic E-state index is 11.3. The highest BCUT2D eigenvalue weighted by atomic mass is 16.5. The molecule has 1 aromatic rings. The van der Waals surface area contributed by atoms with Gasteiger partial charge in [-0.15, -0.1) is 0 Å². The largest absolute Gasteiger partial charge is 0.487 e. The summed E-state index contributed by atoms with van der Waals surface area (Å²) in [6.07, 6.45) is 7.36. The Morgan fingerprint density at radius 1 is 1.12 bits per heavy atom. The topological polar surface area (TPSA) is 35.5 Å². The second-order valence-corrected chi connectivity index (χ2v) is 9.97. The van der Waals surface area contributed by atoms with E-state index in [1.54, 1.807) is 0 Å². The molecule has 4 rings (SSSR count). The Labute approximate surface area is 157 Å². The molecular formula is C23H32O3. The number of benzene rings is 1. The van der Waals surface area contributed by atoms with E-state index >= 15 is 0 Å². The smallest absolute Gasteiger partial charge is 0.308 e. The zero-order chi connectivity index (χ0) is 18.7. The fraction of sp³-hybridized carbons (Fsp3) is 0.696. The molecule has 26 heavy (non-hydrogen) atoms. The minimum Gasteiger partial charge on any atom is -0.487 e. The van der Waals surface area contributed by atoms with Crippen LogP contribution in [0.5, 0.6) is 11.5 Å². The molecule has 1 heterocycles. The summed E-state index contributed by atoms with van der Waals surface area (Å²) in [4.78, 5) is 11.3. The van der Waals surface area contributed by atoms with Gasteiger partial charge in [0.2, 0.25) is 0 Å². The molecule has 3 nitrogen and oxygen atoms in total. The van der Waals surface area contributed by atoms with Gasteiger partial charge in [0.05, 0.1) is 0 Å². The summed E-state index contributed by atoms with van der Waals surface area (Å²) in [5.74, 6) is 2.59. The quantitative estimate of drug-likeness (QED) is 0.489. The average molecular weight is 357 g/mol. The van der Waals surface area contributed by atoms with Crippen molar-refractivity contribution in [2.45, 2.75) is 78.7 Å². The fourth-order valence-corrected chi connectivity index (χ4v) is 6.69. The van der Waals surface area contributed by atoms with Crippen molar-refractivity contribution < 1.29 is 14.3 Å². The summed E-state index contributed by atoms with van der Waals surface area (Å²) < 4.78 is 11.9. The molecule has 3 heteroatoms. The predicted molar refractivity (Wildman–Crippen MR) is 102 cm³/mol.